The summed E-state index contributed by atoms with van der Waals surface area (Å²) in [6, 6.07) is 9.69. The molecule has 0 aliphatic carbocycles. The van der Waals surface area contributed by atoms with Gasteiger partial charge in [0.2, 0.25) is 17.7 Å². The maximum Gasteiger partial charge on any atom is 0.243 e. The van der Waals surface area contributed by atoms with Crippen molar-refractivity contribution in [3.05, 3.63) is 64.2 Å². The fourth-order valence-corrected chi connectivity index (χ4v) is 3.48. The first kappa shape index (κ1) is 27.5. The van der Waals surface area contributed by atoms with Crippen LogP contribution in [-0.2, 0) is 32.1 Å². The van der Waals surface area contributed by atoms with Gasteiger partial charge >= 0.3 is 0 Å². The Morgan fingerprint density at radius 1 is 1.00 bits per heavy atom. The molecule has 0 aliphatic heterocycles. The Kier molecular flexibility index (Phi) is 10.4. The highest BCUT2D eigenvalue weighted by atomic mass is 35.5. The van der Waals surface area contributed by atoms with Crippen molar-refractivity contribution in [2.24, 2.45) is 0 Å². The molecule has 0 radical (unpaired) electrons. The molecule has 0 bridgehead atoms. The van der Waals surface area contributed by atoms with Crippen LogP contribution in [0.25, 0.3) is 0 Å². The highest BCUT2D eigenvalue weighted by Crippen LogP contribution is 2.18. The summed E-state index contributed by atoms with van der Waals surface area (Å²) in [6.07, 6.45) is 0.672. The lowest BCUT2D eigenvalue weighted by Gasteiger charge is -2.23. The number of aromatic hydroxyl groups is 1. The Labute approximate surface area is 208 Å². The molecule has 0 unspecified atom stereocenters. The SMILES string of the molecule is CC(=O)N[C@@H](Cc1ccc(O)c(C)c1)C(=O)N[C@@H](CCC(=O)C=N)C(=O)NCc1ccc(Cl)cc1. The van der Waals surface area contributed by atoms with Gasteiger partial charge in [-0.15, -0.1) is 0 Å². The summed E-state index contributed by atoms with van der Waals surface area (Å²) in [5.74, 6) is -1.90. The second-order valence-corrected chi connectivity index (χ2v) is 8.57. The molecule has 0 aromatic heterocycles. The Morgan fingerprint density at radius 3 is 2.26 bits per heavy atom. The lowest BCUT2D eigenvalue weighted by Crippen LogP contribution is -2.54. The summed E-state index contributed by atoms with van der Waals surface area (Å²) < 4.78 is 0. The smallest absolute Gasteiger partial charge is 0.243 e. The van der Waals surface area contributed by atoms with E-state index < -0.39 is 35.6 Å². The normalized spacial score (nSPS) is 12.2. The predicted molar refractivity (Wildman–Crippen MR) is 132 cm³/mol. The number of aryl methyl sites for hydroxylation is 1. The van der Waals surface area contributed by atoms with Crippen LogP contribution in [0.2, 0.25) is 5.02 Å². The zero-order valence-corrected chi connectivity index (χ0v) is 20.3. The van der Waals surface area contributed by atoms with Gasteiger partial charge in [-0.25, -0.2) is 0 Å². The van der Waals surface area contributed by atoms with Gasteiger partial charge in [-0.2, -0.15) is 0 Å². The minimum atomic E-state index is -1.06. The zero-order valence-electron chi connectivity index (χ0n) is 19.6. The molecule has 0 aliphatic rings. The molecule has 5 N–H and O–H groups in total. The van der Waals surface area contributed by atoms with Gasteiger partial charge in [-0.05, 0) is 48.2 Å². The quantitative estimate of drug-likeness (QED) is 0.283. The van der Waals surface area contributed by atoms with Crippen LogP contribution in [-0.4, -0.2) is 46.9 Å². The van der Waals surface area contributed by atoms with E-state index in [0.29, 0.717) is 22.4 Å². The number of Topliss-reactive ketones (excluding diaryl/α,β-unsaturated/α-hetero) is 1. The molecule has 35 heavy (non-hydrogen) atoms. The molecule has 0 fully saturated rings. The number of ketones is 1. The summed E-state index contributed by atoms with van der Waals surface area (Å²) in [5.41, 5.74) is 2.12. The fourth-order valence-electron chi connectivity index (χ4n) is 3.35. The third kappa shape index (κ3) is 9.21. The summed E-state index contributed by atoms with van der Waals surface area (Å²) >= 11 is 5.88. The molecule has 2 aromatic carbocycles. The highest BCUT2D eigenvalue weighted by molar-refractivity contribution is 6.30. The van der Waals surface area contributed by atoms with E-state index in [0.717, 1.165) is 5.56 Å². The summed E-state index contributed by atoms with van der Waals surface area (Å²) in [4.78, 5) is 49.3. The van der Waals surface area contributed by atoms with Crippen LogP contribution in [0.15, 0.2) is 42.5 Å². The van der Waals surface area contributed by atoms with Crippen molar-refractivity contribution >= 4 is 41.3 Å². The van der Waals surface area contributed by atoms with Crippen molar-refractivity contribution < 1.29 is 24.3 Å². The number of phenols is 1. The molecule has 186 valence electrons. The summed E-state index contributed by atoms with van der Waals surface area (Å²) in [6.45, 7) is 3.18. The van der Waals surface area contributed by atoms with Crippen LogP contribution < -0.4 is 16.0 Å². The number of carbonyl (C=O) groups excluding carboxylic acids is 4. The molecule has 2 rings (SSSR count). The second-order valence-electron chi connectivity index (χ2n) is 8.13. The molecular weight excluding hydrogens is 472 g/mol. The van der Waals surface area contributed by atoms with Crippen molar-refractivity contribution in [2.45, 2.75) is 51.7 Å². The summed E-state index contributed by atoms with van der Waals surface area (Å²) in [7, 11) is 0. The van der Waals surface area contributed by atoms with Gasteiger partial charge in [0.25, 0.3) is 0 Å². The number of rotatable bonds is 12. The molecule has 2 atom stereocenters. The molecule has 0 heterocycles. The first-order chi connectivity index (χ1) is 16.6. The molecule has 9 nitrogen and oxygen atoms in total. The minimum absolute atomic E-state index is 0.0164. The molecule has 10 heteroatoms. The highest BCUT2D eigenvalue weighted by Gasteiger charge is 2.27. The van der Waals surface area contributed by atoms with Gasteiger partial charge in [-0.3, -0.25) is 19.2 Å². The van der Waals surface area contributed by atoms with Crippen LogP contribution in [0, 0.1) is 12.3 Å². The van der Waals surface area contributed by atoms with Gasteiger partial charge in [-0.1, -0.05) is 35.9 Å². The van der Waals surface area contributed by atoms with E-state index in [1.165, 1.54) is 13.0 Å². The predicted octanol–water partition coefficient (Wildman–Crippen LogP) is 2.20. The molecule has 0 saturated carbocycles. The topological polar surface area (TPSA) is 148 Å². The third-order valence-electron chi connectivity index (χ3n) is 5.25. The second kappa shape index (κ2) is 13.2. The van der Waals surface area contributed by atoms with Crippen LogP contribution in [0.3, 0.4) is 0 Å². The Morgan fingerprint density at radius 2 is 1.66 bits per heavy atom. The number of phenolic OH excluding ortho intramolecular Hbond substituents is 1. The standard InChI is InChI=1S/C25H29ClN4O5/c1-15-11-18(5-10-23(15)33)12-22(29-16(2)31)25(35)30-21(9-8-20(32)13-27)24(34)28-14-17-3-6-19(26)7-4-17/h3-7,10-11,13,21-22,27,33H,8-9,12,14H2,1-2H3,(H,28,34)(H,29,31)(H,30,35)/t21-,22-/m0/s1. The summed E-state index contributed by atoms with van der Waals surface area (Å²) in [5, 5.41) is 25.3. The number of benzene rings is 2. The van der Waals surface area contributed by atoms with Gasteiger partial charge in [0.1, 0.15) is 17.8 Å². The van der Waals surface area contributed by atoms with Gasteiger partial charge in [0, 0.05) is 31.3 Å². The lowest BCUT2D eigenvalue weighted by atomic mass is 10.0. The molecule has 2 aromatic rings. The third-order valence-corrected chi connectivity index (χ3v) is 5.50. The minimum Gasteiger partial charge on any atom is -0.508 e. The van der Waals surface area contributed by atoms with Gasteiger partial charge < -0.3 is 26.5 Å². The number of halogens is 1. The van der Waals surface area contributed by atoms with Crippen molar-refractivity contribution in [3.63, 3.8) is 0 Å². The molecule has 0 saturated heterocycles. The van der Waals surface area contributed by atoms with Crippen LogP contribution >= 0.6 is 11.6 Å². The largest absolute Gasteiger partial charge is 0.508 e. The maximum atomic E-state index is 13.1. The fraction of sp³-hybridized carbons (Fsp3) is 0.320. The number of amides is 3. The molecular formula is C25H29ClN4O5. The Bertz CT molecular complexity index is 1090. The number of nitrogens with one attached hydrogen (secondary N) is 4. The lowest BCUT2D eigenvalue weighted by molar-refractivity contribution is -0.132. The van der Waals surface area contributed by atoms with E-state index in [1.807, 2.05) is 0 Å². The number of carbonyl (C=O) groups is 4. The maximum absolute atomic E-state index is 13.1. The van der Waals surface area contributed by atoms with E-state index in [-0.39, 0.29) is 31.6 Å². The van der Waals surface area contributed by atoms with Crippen LogP contribution in [0.4, 0.5) is 0 Å². The monoisotopic (exact) mass is 500 g/mol. The number of hydrogen-bond donors (Lipinski definition) is 5. The van der Waals surface area contributed by atoms with E-state index in [4.69, 9.17) is 17.0 Å². The van der Waals surface area contributed by atoms with Crippen molar-refractivity contribution in [2.75, 3.05) is 0 Å². The van der Waals surface area contributed by atoms with Crippen molar-refractivity contribution in [1.82, 2.24) is 16.0 Å². The van der Waals surface area contributed by atoms with Gasteiger partial charge in [0.15, 0.2) is 5.78 Å². The van der Waals surface area contributed by atoms with Gasteiger partial charge in [0.05, 0.1) is 6.21 Å². The number of hydrogen-bond acceptors (Lipinski definition) is 6. The van der Waals surface area contributed by atoms with E-state index >= 15 is 0 Å². The molecule has 0 spiro atoms. The first-order valence-electron chi connectivity index (χ1n) is 11.0. The Hall–Kier alpha value is -3.72. The first-order valence-corrected chi connectivity index (χ1v) is 11.4. The zero-order chi connectivity index (χ0) is 26.0. The van der Waals surface area contributed by atoms with E-state index in [9.17, 15) is 24.3 Å². The van der Waals surface area contributed by atoms with E-state index in [2.05, 4.69) is 16.0 Å². The molecule has 3 amide bonds. The van der Waals surface area contributed by atoms with Crippen molar-refractivity contribution in [3.8, 4) is 5.75 Å². The average Bonchev–Trinajstić information content (AvgIpc) is 2.82. The van der Waals surface area contributed by atoms with Crippen LogP contribution in [0.5, 0.6) is 5.75 Å². The average molecular weight is 501 g/mol. The van der Waals surface area contributed by atoms with Crippen LogP contribution in [0.1, 0.15) is 36.5 Å². The van der Waals surface area contributed by atoms with E-state index in [1.54, 1.807) is 43.3 Å². The Balaban J connectivity index is 2.15. The van der Waals surface area contributed by atoms with Crippen molar-refractivity contribution in [1.29, 1.82) is 5.41 Å².